The van der Waals surface area contributed by atoms with Gasteiger partial charge in [0.1, 0.15) is 6.04 Å². The molecule has 180 valence electrons. The maximum Gasteiger partial charge on any atom is 0.243 e. The predicted octanol–water partition coefficient (Wildman–Crippen LogP) is 2.45. The van der Waals surface area contributed by atoms with E-state index in [0.717, 1.165) is 29.9 Å². The van der Waals surface area contributed by atoms with Crippen LogP contribution in [-0.2, 0) is 27.3 Å². The molecule has 1 fully saturated rings. The van der Waals surface area contributed by atoms with Crippen LogP contribution in [0.4, 0.5) is 5.69 Å². The van der Waals surface area contributed by atoms with E-state index in [1.165, 1.54) is 0 Å². The van der Waals surface area contributed by atoms with Crippen molar-refractivity contribution in [3.8, 4) is 0 Å². The molecular weight excluding hydrogens is 428 g/mol. The second kappa shape index (κ2) is 10.7. The number of nitrogens with zero attached hydrogens (tertiary/aromatic N) is 3. The van der Waals surface area contributed by atoms with Gasteiger partial charge >= 0.3 is 0 Å². The standard InChI is InChI=1S/C27H34N4O3/c1-20(2)16-25(32)31-19-22-9-7-6-8-21(22)17-24(31)27(34)28-18-26(33)30-14-12-29(13-15-30)23-10-4-3-5-11-23/h3-11,20,24H,12-19H2,1-2H3,(H,28,34). The zero-order valence-electron chi connectivity index (χ0n) is 20.1. The summed E-state index contributed by atoms with van der Waals surface area (Å²) < 4.78 is 0. The maximum absolute atomic E-state index is 13.1. The van der Waals surface area contributed by atoms with Gasteiger partial charge in [0.15, 0.2) is 0 Å². The maximum atomic E-state index is 13.1. The molecule has 7 nitrogen and oxygen atoms in total. The second-order valence-corrected chi connectivity index (χ2v) is 9.53. The summed E-state index contributed by atoms with van der Waals surface area (Å²) in [6.45, 7) is 7.16. The largest absolute Gasteiger partial charge is 0.368 e. The minimum atomic E-state index is -0.594. The van der Waals surface area contributed by atoms with Crippen molar-refractivity contribution in [3.05, 3.63) is 65.7 Å². The molecule has 2 aromatic carbocycles. The normalized spacial score (nSPS) is 18.0. The Balaban J connectivity index is 1.34. The molecule has 0 radical (unpaired) electrons. The Morgan fingerprint density at radius 2 is 1.53 bits per heavy atom. The number of hydrogen-bond acceptors (Lipinski definition) is 4. The molecule has 34 heavy (non-hydrogen) atoms. The molecule has 1 unspecified atom stereocenters. The van der Waals surface area contributed by atoms with Crippen LogP contribution >= 0.6 is 0 Å². The quantitative estimate of drug-likeness (QED) is 0.716. The van der Waals surface area contributed by atoms with Gasteiger partial charge in [-0.25, -0.2) is 0 Å². The van der Waals surface area contributed by atoms with E-state index in [-0.39, 0.29) is 30.2 Å². The Morgan fingerprint density at radius 3 is 2.21 bits per heavy atom. The Labute approximate surface area is 201 Å². The number of fused-ring (bicyclic) bond motifs is 1. The summed E-state index contributed by atoms with van der Waals surface area (Å²) in [7, 11) is 0. The van der Waals surface area contributed by atoms with Crippen LogP contribution in [-0.4, -0.2) is 66.3 Å². The van der Waals surface area contributed by atoms with Crippen molar-refractivity contribution in [3.63, 3.8) is 0 Å². The zero-order chi connectivity index (χ0) is 24.1. The van der Waals surface area contributed by atoms with E-state index in [0.29, 0.717) is 32.5 Å². The van der Waals surface area contributed by atoms with Gasteiger partial charge in [0, 0.05) is 51.3 Å². The third-order valence-corrected chi connectivity index (χ3v) is 6.62. The van der Waals surface area contributed by atoms with Gasteiger partial charge in [0.25, 0.3) is 0 Å². The molecule has 3 amide bonds. The molecule has 4 rings (SSSR count). The van der Waals surface area contributed by atoms with Gasteiger partial charge in [-0.2, -0.15) is 0 Å². The van der Waals surface area contributed by atoms with Crippen LogP contribution < -0.4 is 10.2 Å². The van der Waals surface area contributed by atoms with Crippen LogP contribution in [0, 0.1) is 5.92 Å². The van der Waals surface area contributed by atoms with Gasteiger partial charge in [-0.3, -0.25) is 14.4 Å². The highest BCUT2D eigenvalue weighted by Gasteiger charge is 2.35. The predicted molar refractivity (Wildman–Crippen MR) is 132 cm³/mol. The van der Waals surface area contributed by atoms with Crippen LogP contribution in [0.3, 0.4) is 0 Å². The fourth-order valence-corrected chi connectivity index (χ4v) is 4.73. The Bertz CT molecular complexity index is 1020. The van der Waals surface area contributed by atoms with Crippen LogP contribution in [0.2, 0.25) is 0 Å². The molecule has 2 aliphatic rings. The molecule has 2 aliphatic heterocycles. The number of benzene rings is 2. The first-order chi connectivity index (χ1) is 16.4. The summed E-state index contributed by atoms with van der Waals surface area (Å²) in [5.41, 5.74) is 3.32. The lowest BCUT2D eigenvalue weighted by Gasteiger charge is -2.37. The number of para-hydroxylation sites is 1. The van der Waals surface area contributed by atoms with Crippen molar-refractivity contribution in [1.29, 1.82) is 0 Å². The number of carbonyl (C=O) groups is 3. The summed E-state index contributed by atoms with van der Waals surface area (Å²) in [5.74, 6) is -0.155. The summed E-state index contributed by atoms with van der Waals surface area (Å²) >= 11 is 0. The second-order valence-electron chi connectivity index (χ2n) is 9.53. The minimum absolute atomic E-state index is 0.0204. The molecule has 0 spiro atoms. The molecule has 0 bridgehead atoms. The van der Waals surface area contributed by atoms with Crippen molar-refractivity contribution in [2.45, 2.75) is 39.3 Å². The molecule has 1 atom stereocenters. The monoisotopic (exact) mass is 462 g/mol. The van der Waals surface area contributed by atoms with Gasteiger partial charge in [0.05, 0.1) is 6.54 Å². The highest BCUT2D eigenvalue weighted by atomic mass is 16.2. The van der Waals surface area contributed by atoms with Crippen LogP contribution in [0.15, 0.2) is 54.6 Å². The highest BCUT2D eigenvalue weighted by molar-refractivity contribution is 5.91. The molecule has 0 saturated carbocycles. The van der Waals surface area contributed by atoms with Crippen molar-refractivity contribution >= 4 is 23.4 Å². The Morgan fingerprint density at radius 1 is 0.882 bits per heavy atom. The SMILES string of the molecule is CC(C)CC(=O)N1Cc2ccccc2CC1C(=O)NCC(=O)N1CCN(c2ccccc2)CC1. The van der Waals surface area contributed by atoms with Gasteiger partial charge in [0.2, 0.25) is 17.7 Å². The van der Waals surface area contributed by atoms with Crippen molar-refractivity contribution in [2.24, 2.45) is 5.92 Å². The number of piperazine rings is 1. The molecular formula is C27H34N4O3. The lowest BCUT2D eigenvalue weighted by molar-refractivity contribution is -0.143. The van der Waals surface area contributed by atoms with Crippen molar-refractivity contribution in [1.82, 2.24) is 15.1 Å². The topological polar surface area (TPSA) is 73.0 Å². The van der Waals surface area contributed by atoms with E-state index in [4.69, 9.17) is 0 Å². The van der Waals surface area contributed by atoms with Crippen LogP contribution in [0.5, 0.6) is 0 Å². The van der Waals surface area contributed by atoms with E-state index in [1.54, 1.807) is 9.80 Å². The molecule has 1 saturated heterocycles. The summed E-state index contributed by atoms with van der Waals surface area (Å²) in [6.07, 6.45) is 0.867. The number of anilines is 1. The van der Waals surface area contributed by atoms with E-state index in [9.17, 15) is 14.4 Å². The molecule has 2 aromatic rings. The Hall–Kier alpha value is -3.35. The first-order valence-corrected chi connectivity index (χ1v) is 12.1. The van der Waals surface area contributed by atoms with E-state index < -0.39 is 6.04 Å². The number of amides is 3. The van der Waals surface area contributed by atoms with Crippen molar-refractivity contribution < 1.29 is 14.4 Å². The summed E-state index contributed by atoms with van der Waals surface area (Å²) in [6, 6.07) is 17.5. The van der Waals surface area contributed by atoms with E-state index in [1.807, 2.05) is 56.3 Å². The van der Waals surface area contributed by atoms with Gasteiger partial charge in [-0.1, -0.05) is 56.3 Å². The summed E-state index contributed by atoms with van der Waals surface area (Å²) in [5, 5.41) is 2.82. The fourth-order valence-electron chi connectivity index (χ4n) is 4.73. The Kier molecular flexibility index (Phi) is 7.50. The third-order valence-electron chi connectivity index (χ3n) is 6.62. The average molecular weight is 463 g/mol. The average Bonchev–Trinajstić information content (AvgIpc) is 2.86. The van der Waals surface area contributed by atoms with Gasteiger partial charge in [-0.15, -0.1) is 0 Å². The smallest absolute Gasteiger partial charge is 0.243 e. The molecule has 1 N–H and O–H groups in total. The van der Waals surface area contributed by atoms with Gasteiger partial charge < -0.3 is 20.0 Å². The first-order valence-electron chi connectivity index (χ1n) is 12.1. The van der Waals surface area contributed by atoms with Crippen molar-refractivity contribution in [2.75, 3.05) is 37.6 Å². The third kappa shape index (κ3) is 5.58. The van der Waals surface area contributed by atoms with Crippen LogP contribution in [0.1, 0.15) is 31.4 Å². The number of hydrogen-bond donors (Lipinski definition) is 1. The van der Waals surface area contributed by atoms with Crippen LogP contribution in [0.25, 0.3) is 0 Å². The molecule has 0 aromatic heterocycles. The zero-order valence-corrected chi connectivity index (χ0v) is 20.1. The fraction of sp³-hybridized carbons (Fsp3) is 0.444. The molecule has 0 aliphatic carbocycles. The van der Waals surface area contributed by atoms with E-state index in [2.05, 4.69) is 22.3 Å². The summed E-state index contributed by atoms with van der Waals surface area (Å²) in [4.78, 5) is 44.6. The highest BCUT2D eigenvalue weighted by Crippen LogP contribution is 2.25. The number of rotatable bonds is 6. The molecule has 7 heteroatoms. The van der Waals surface area contributed by atoms with E-state index >= 15 is 0 Å². The lowest BCUT2D eigenvalue weighted by Crippen LogP contribution is -2.55. The lowest BCUT2D eigenvalue weighted by atomic mass is 9.92. The van der Waals surface area contributed by atoms with Gasteiger partial charge in [-0.05, 0) is 29.2 Å². The minimum Gasteiger partial charge on any atom is -0.368 e. The number of nitrogens with one attached hydrogen (secondary N) is 1. The number of carbonyl (C=O) groups excluding carboxylic acids is 3. The first kappa shape index (κ1) is 23.8. The molecule has 2 heterocycles.